The van der Waals surface area contributed by atoms with E-state index in [1.165, 1.54) is 0 Å². The van der Waals surface area contributed by atoms with Gasteiger partial charge in [-0.2, -0.15) is 0 Å². The summed E-state index contributed by atoms with van der Waals surface area (Å²) < 4.78 is 18.6. The fourth-order valence-electron chi connectivity index (χ4n) is 1.67. The molecule has 0 spiro atoms. The summed E-state index contributed by atoms with van der Waals surface area (Å²) in [6.07, 6.45) is -3.00. The van der Waals surface area contributed by atoms with Gasteiger partial charge in [0.05, 0.1) is 12.7 Å². The van der Waals surface area contributed by atoms with E-state index in [0.29, 0.717) is 12.8 Å². The molecule has 1 saturated heterocycles. The molecule has 7 heteroatoms. The van der Waals surface area contributed by atoms with Gasteiger partial charge in [0, 0.05) is 4.91 Å². The summed E-state index contributed by atoms with van der Waals surface area (Å²) in [5.74, 6) is 0. The Morgan fingerprint density at radius 1 is 1.67 bits per heavy atom. The van der Waals surface area contributed by atoms with Gasteiger partial charge < -0.3 is 14.9 Å². The number of alkyl halides is 1. The predicted molar refractivity (Wildman–Crippen MR) is 49.6 cm³/mol. The van der Waals surface area contributed by atoms with Crippen molar-refractivity contribution in [3.63, 3.8) is 0 Å². The smallest absolute Gasteiger partial charge is 0.198 e. The molecule has 4 atom stereocenters. The van der Waals surface area contributed by atoms with Crippen LogP contribution in [0, 0.1) is 0 Å². The van der Waals surface area contributed by atoms with Crippen LogP contribution >= 0.6 is 0 Å². The molecule has 0 aromatic carbocycles. The van der Waals surface area contributed by atoms with E-state index in [2.05, 4.69) is 10.0 Å². The number of halogens is 1. The normalized spacial score (nSPS) is 40.1. The number of azide groups is 1. The zero-order valence-electron chi connectivity index (χ0n) is 8.38. The molecule has 0 bridgehead atoms. The van der Waals surface area contributed by atoms with Crippen molar-refractivity contribution < 1.29 is 19.3 Å². The van der Waals surface area contributed by atoms with E-state index >= 15 is 0 Å². The standard InChI is InChI=1S/C8H14FN3O3/c1-2-3-5-6(9)7(14)8(4-13,15-5)11-12-10/h5-7,13-14H,2-4H2,1H3/t5?,6-,7+,8-/m1/s1. The molecule has 0 aliphatic carbocycles. The van der Waals surface area contributed by atoms with Crippen molar-refractivity contribution in [2.45, 2.75) is 43.9 Å². The summed E-state index contributed by atoms with van der Waals surface area (Å²) in [4.78, 5) is 2.45. The first-order valence-electron chi connectivity index (χ1n) is 4.78. The van der Waals surface area contributed by atoms with Crippen LogP contribution in [0.15, 0.2) is 5.11 Å². The van der Waals surface area contributed by atoms with Crippen molar-refractivity contribution in [3.05, 3.63) is 10.4 Å². The lowest BCUT2D eigenvalue weighted by atomic mass is 10.0. The zero-order valence-corrected chi connectivity index (χ0v) is 8.38. The molecule has 1 aliphatic rings. The quantitative estimate of drug-likeness (QED) is 0.417. The van der Waals surface area contributed by atoms with Gasteiger partial charge in [0.25, 0.3) is 0 Å². The maximum atomic E-state index is 13.5. The lowest BCUT2D eigenvalue weighted by molar-refractivity contribution is -0.107. The Balaban J connectivity index is 2.88. The van der Waals surface area contributed by atoms with Crippen molar-refractivity contribution in [1.82, 2.24) is 0 Å². The molecule has 86 valence electrons. The fraction of sp³-hybridized carbons (Fsp3) is 1.00. The summed E-state index contributed by atoms with van der Waals surface area (Å²) >= 11 is 0. The summed E-state index contributed by atoms with van der Waals surface area (Å²) in [7, 11) is 0. The van der Waals surface area contributed by atoms with E-state index in [1.54, 1.807) is 0 Å². The Morgan fingerprint density at radius 2 is 2.33 bits per heavy atom. The Morgan fingerprint density at radius 3 is 2.80 bits per heavy atom. The van der Waals surface area contributed by atoms with Gasteiger partial charge in [0.1, 0.15) is 6.10 Å². The van der Waals surface area contributed by atoms with Crippen LogP contribution < -0.4 is 0 Å². The van der Waals surface area contributed by atoms with E-state index in [1.807, 2.05) is 6.92 Å². The minimum atomic E-state index is -1.87. The van der Waals surface area contributed by atoms with Crippen LogP contribution in [0.3, 0.4) is 0 Å². The predicted octanol–water partition coefficient (Wildman–Crippen LogP) is 0.883. The van der Waals surface area contributed by atoms with E-state index in [-0.39, 0.29) is 0 Å². The number of nitrogens with zero attached hydrogens (tertiary/aromatic N) is 3. The molecule has 0 amide bonds. The number of aliphatic hydroxyl groups excluding tert-OH is 2. The molecule has 15 heavy (non-hydrogen) atoms. The van der Waals surface area contributed by atoms with Crippen LogP contribution in [-0.2, 0) is 4.74 Å². The highest BCUT2D eigenvalue weighted by molar-refractivity contribution is 5.00. The molecule has 6 nitrogen and oxygen atoms in total. The summed E-state index contributed by atoms with van der Waals surface area (Å²) in [5.41, 5.74) is 6.41. The van der Waals surface area contributed by atoms with E-state index in [9.17, 15) is 9.50 Å². The molecule has 1 unspecified atom stereocenters. The molecule has 2 N–H and O–H groups in total. The van der Waals surface area contributed by atoms with Gasteiger partial charge in [-0.3, -0.25) is 0 Å². The first-order valence-corrected chi connectivity index (χ1v) is 4.78. The molecular weight excluding hydrogens is 205 g/mol. The van der Waals surface area contributed by atoms with Crippen molar-refractivity contribution >= 4 is 0 Å². The molecular formula is C8H14FN3O3. The van der Waals surface area contributed by atoms with Gasteiger partial charge >= 0.3 is 0 Å². The molecule has 1 fully saturated rings. The largest absolute Gasteiger partial charge is 0.393 e. The highest BCUT2D eigenvalue weighted by atomic mass is 19.1. The maximum Gasteiger partial charge on any atom is 0.198 e. The van der Waals surface area contributed by atoms with Gasteiger partial charge in [-0.05, 0) is 12.0 Å². The number of hydrogen-bond acceptors (Lipinski definition) is 4. The molecule has 1 aliphatic heterocycles. The van der Waals surface area contributed by atoms with E-state index in [0.717, 1.165) is 0 Å². The van der Waals surface area contributed by atoms with Crippen LogP contribution in [-0.4, -0.2) is 40.9 Å². The lowest BCUT2D eigenvalue weighted by Crippen LogP contribution is -2.43. The summed E-state index contributed by atoms with van der Waals surface area (Å²) in [5, 5.41) is 21.7. The topological polar surface area (TPSA) is 98.5 Å². The second kappa shape index (κ2) is 4.76. The average Bonchev–Trinajstić information content (AvgIpc) is 2.46. The monoisotopic (exact) mass is 219 g/mol. The minimum Gasteiger partial charge on any atom is -0.393 e. The van der Waals surface area contributed by atoms with Gasteiger partial charge in [-0.15, -0.1) is 0 Å². The van der Waals surface area contributed by atoms with Crippen LogP contribution in [0.25, 0.3) is 10.4 Å². The molecule has 0 aromatic heterocycles. The van der Waals surface area contributed by atoms with Crippen LogP contribution in [0.4, 0.5) is 4.39 Å². The molecule has 1 rings (SSSR count). The maximum absolute atomic E-state index is 13.5. The second-order valence-corrected chi connectivity index (χ2v) is 3.53. The van der Waals surface area contributed by atoms with Crippen molar-refractivity contribution in [3.8, 4) is 0 Å². The second-order valence-electron chi connectivity index (χ2n) is 3.53. The van der Waals surface area contributed by atoms with E-state index in [4.69, 9.17) is 15.4 Å². The van der Waals surface area contributed by atoms with Gasteiger partial charge in [0.2, 0.25) is 0 Å². The third-order valence-electron chi connectivity index (χ3n) is 2.49. The summed E-state index contributed by atoms with van der Waals surface area (Å²) in [6, 6.07) is 0. The lowest BCUT2D eigenvalue weighted by Gasteiger charge is -2.23. The summed E-state index contributed by atoms with van der Waals surface area (Å²) in [6.45, 7) is 1.10. The third kappa shape index (κ3) is 2.05. The minimum absolute atomic E-state index is 0.404. The fourth-order valence-corrected chi connectivity index (χ4v) is 1.67. The zero-order chi connectivity index (χ0) is 11.5. The average molecular weight is 219 g/mol. The number of ether oxygens (including phenoxy) is 1. The Kier molecular flexibility index (Phi) is 3.87. The number of aliphatic hydroxyl groups is 2. The van der Waals surface area contributed by atoms with Gasteiger partial charge in [0.15, 0.2) is 11.9 Å². The van der Waals surface area contributed by atoms with Crippen molar-refractivity contribution in [1.29, 1.82) is 0 Å². The Bertz CT molecular complexity index is 272. The number of rotatable bonds is 4. The Hall–Kier alpha value is -0.880. The van der Waals surface area contributed by atoms with Gasteiger partial charge in [-0.1, -0.05) is 18.5 Å². The molecule has 0 radical (unpaired) electrons. The van der Waals surface area contributed by atoms with Crippen molar-refractivity contribution in [2.75, 3.05) is 6.61 Å². The van der Waals surface area contributed by atoms with Gasteiger partial charge in [-0.25, -0.2) is 4.39 Å². The molecule has 1 heterocycles. The third-order valence-corrected chi connectivity index (χ3v) is 2.49. The highest BCUT2D eigenvalue weighted by Gasteiger charge is 2.54. The number of hydrogen-bond donors (Lipinski definition) is 2. The van der Waals surface area contributed by atoms with E-state index < -0.39 is 30.7 Å². The first-order chi connectivity index (χ1) is 7.11. The van der Waals surface area contributed by atoms with Crippen LogP contribution in [0.1, 0.15) is 19.8 Å². The Labute approximate surface area is 86.3 Å². The van der Waals surface area contributed by atoms with Crippen molar-refractivity contribution in [2.24, 2.45) is 5.11 Å². The first kappa shape index (κ1) is 12.2. The molecule has 0 aromatic rings. The SMILES string of the molecule is CCCC1O[C@@](CO)(N=[N+]=[N-])[C@@H](O)[C@@H]1F. The highest BCUT2D eigenvalue weighted by Crippen LogP contribution is 2.36. The van der Waals surface area contributed by atoms with Crippen LogP contribution in [0.5, 0.6) is 0 Å². The molecule has 0 saturated carbocycles. The van der Waals surface area contributed by atoms with Crippen LogP contribution in [0.2, 0.25) is 0 Å².